The van der Waals surface area contributed by atoms with Crippen molar-refractivity contribution >= 4 is 37.6 Å². The van der Waals surface area contributed by atoms with E-state index < -0.39 is 16.5 Å². The zero-order valence-corrected chi connectivity index (χ0v) is 10.1. The molecule has 0 radical (unpaired) electrons. The molecule has 76 valence electrons. The third-order valence-electron chi connectivity index (χ3n) is 2.01. The predicted molar refractivity (Wildman–Crippen MR) is 55.9 cm³/mol. The lowest BCUT2D eigenvalue weighted by molar-refractivity contribution is -0.121. The van der Waals surface area contributed by atoms with Gasteiger partial charge in [-0.25, -0.2) is 0 Å². The highest BCUT2D eigenvalue weighted by atomic mass is 79.9. The number of alkyl halides is 1. The molecule has 2 N–H and O–H groups in total. The number of hydrogen-bond acceptors (Lipinski definition) is 4. The molecule has 0 aliphatic heterocycles. The van der Waals surface area contributed by atoms with E-state index in [9.17, 15) is 15.0 Å². The maximum Gasteiger partial charge on any atom is 0.185 e. The zero-order chi connectivity index (χ0) is 10.9. The molecule has 0 saturated carbocycles. The van der Waals surface area contributed by atoms with Gasteiger partial charge in [-0.15, -0.1) is 0 Å². The molecule has 14 heavy (non-hydrogen) atoms. The number of nitriles is 1. The first kappa shape index (κ1) is 11.9. The average Bonchev–Trinajstić information content (AvgIpc) is 2.12. The van der Waals surface area contributed by atoms with E-state index in [1.807, 2.05) is 0 Å². The minimum absolute atomic E-state index is 0.169. The summed E-state index contributed by atoms with van der Waals surface area (Å²) in [6, 6.07) is 1.76. The van der Waals surface area contributed by atoms with Crippen LogP contribution in [0.25, 0.3) is 0 Å². The quantitative estimate of drug-likeness (QED) is 0.693. The molecule has 0 heterocycles. The molecule has 0 aromatic carbocycles. The molecule has 0 saturated heterocycles. The van der Waals surface area contributed by atoms with Crippen molar-refractivity contribution in [3.05, 3.63) is 10.6 Å². The van der Waals surface area contributed by atoms with Gasteiger partial charge >= 0.3 is 0 Å². The second-order valence-corrected chi connectivity index (χ2v) is 4.87. The number of Topliss-reactive ketones (excluding diaryl/α,β-unsaturated/α-hetero) is 1. The zero-order valence-electron chi connectivity index (χ0n) is 6.94. The molecule has 6 heteroatoms. The summed E-state index contributed by atoms with van der Waals surface area (Å²) in [5.41, 5.74) is -1.67. The average molecular weight is 325 g/mol. The largest absolute Gasteiger partial charge is 0.388 e. The summed E-state index contributed by atoms with van der Waals surface area (Å²) >= 11 is 5.93. The van der Waals surface area contributed by atoms with E-state index in [2.05, 4.69) is 31.9 Å². The van der Waals surface area contributed by atoms with E-state index in [4.69, 9.17) is 5.26 Å². The molecule has 1 aliphatic carbocycles. The number of halogens is 2. The Hall–Kier alpha value is -0.220. The van der Waals surface area contributed by atoms with Crippen LogP contribution in [0.15, 0.2) is 10.6 Å². The highest BCUT2D eigenvalue weighted by molar-refractivity contribution is 9.12. The Morgan fingerprint density at radius 1 is 1.71 bits per heavy atom. The molecular formula is C8H7Br2NO3. The summed E-state index contributed by atoms with van der Waals surface area (Å²) in [5.74, 6) is -0.347. The number of aliphatic hydroxyl groups is 2. The van der Waals surface area contributed by atoms with Gasteiger partial charge in [0, 0.05) is 0 Å². The number of rotatable bonds is 1. The molecule has 3 unspecified atom stereocenters. The van der Waals surface area contributed by atoms with Crippen LogP contribution in [0.3, 0.4) is 0 Å². The minimum atomic E-state index is -1.67. The molecule has 0 bridgehead atoms. The van der Waals surface area contributed by atoms with Crippen LogP contribution in [0, 0.1) is 11.3 Å². The Morgan fingerprint density at radius 3 is 2.79 bits per heavy atom. The topological polar surface area (TPSA) is 81.3 Å². The van der Waals surface area contributed by atoms with Crippen molar-refractivity contribution in [1.82, 2.24) is 0 Å². The molecule has 0 amide bonds. The maximum atomic E-state index is 11.3. The third-order valence-corrected chi connectivity index (χ3v) is 3.55. The lowest BCUT2D eigenvalue weighted by Crippen LogP contribution is -2.51. The first-order valence-corrected chi connectivity index (χ1v) is 5.47. The lowest BCUT2D eigenvalue weighted by atomic mass is 9.85. The first-order chi connectivity index (χ1) is 6.42. The number of hydrogen-bond donors (Lipinski definition) is 2. The first-order valence-electron chi connectivity index (χ1n) is 3.76. The summed E-state index contributed by atoms with van der Waals surface area (Å²) in [6.45, 7) is 0. The molecule has 0 aromatic rings. The van der Waals surface area contributed by atoms with Crippen LogP contribution in [0.2, 0.25) is 0 Å². The minimum Gasteiger partial charge on any atom is -0.388 e. The molecule has 1 aliphatic rings. The number of carbonyl (C=O) groups is 1. The number of allylic oxidation sites excluding steroid dienone is 1. The van der Waals surface area contributed by atoms with Gasteiger partial charge in [0.25, 0.3) is 0 Å². The van der Waals surface area contributed by atoms with Gasteiger partial charge in [0.15, 0.2) is 5.78 Å². The van der Waals surface area contributed by atoms with E-state index in [-0.39, 0.29) is 16.7 Å². The standard InChI is InChI=1S/C8H7Br2NO3/c9-4-3-8(14,1-2-11)7(13)5(10)6(4)12/h3,5,7,13-14H,1H2. The molecule has 0 fully saturated rings. The lowest BCUT2D eigenvalue weighted by Gasteiger charge is -2.34. The summed E-state index contributed by atoms with van der Waals surface area (Å²) < 4.78 is 0.169. The Morgan fingerprint density at radius 2 is 2.29 bits per heavy atom. The second kappa shape index (κ2) is 4.11. The van der Waals surface area contributed by atoms with Gasteiger partial charge in [-0.05, 0) is 22.0 Å². The summed E-state index contributed by atoms with van der Waals surface area (Å²) in [4.78, 5) is 10.4. The fourth-order valence-electron chi connectivity index (χ4n) is 1.19. The van der Waals surface area contributed by atoms with Crippen LogP contribution in [0.4, 0.5) is 0 Å². The molecule has 3 atom stereocenters. The Kier molecular flexibility index (Phi) is 3.48. The van der Waals surface area contributed by atoms with Gasteiger partial charge in [0.2, 0.25) is 0 Å². The van der Waals surface area contributed by atoms with Gasteiger partial charge in [-0.1, -0.05) is 15.9 Å². The van der Waals surface area contributed by atoms with Crippen LogP contribution < -0.4 is 0 Å². The number of nitrogens with zero attached hydrogens (tertiary/aromatic N) is 1. The van der Waals surface area contributed by atoms with Crippen LogP contribution in [0.5, 0.6) is 0 Å². The monoisotopic (exact) mass is 323 g/mol. The van der Waals surface area contributed by atoms with Gasteiger partial charge in [-0.2, -0.15) is 5.26 Å². The fourth-order valence-corrected chi connectivity index (χ4v) is 2.84. The van der Waals surface area contributed by atoms with Crippen molar-refractivity contribution in [3.63, 3.8) is 0 Å². The number of aliphatic hydroxyl groups excluding tert-OH is 1. The van der Waals surface area contributed by atoms with Crippen molar-refractivity contribution in [2.24, 2.45) is 0 Å². The highest BCUT2D eigenvalue weighted by Crippen LogP contribution is 2.33. The van der Waals surface area contributed by atoms with Crippen LogP contribution >= 0.6 is 31.9 Å². The predicted octanol–water partition coefficient (Wildman–Crippen LogP) is 0.617. The Labute approximate surface area is 97.5 Å². The molecule has 4 nitrogen and oxygen atoms in total. The smallest absolute Gasteiger partial charge is 0.185 e. The van der Waals surface area contributed by atoms with E-state index in [0.717, 1.165) is 0 Å². The van der Waals surface area contributed by atoms with E-state index in [0.29, 0.717) is 0 Å². The SMILES string of the molecule is N#CCC1(O)C=C(Br)C(=O)C(Br)C1O. The molecule has 0 spiro atoms. The van der Waals surface area contributed by atoms with Crippen LogP contribution in [-0.2, 0) is 4.79 Å². The van der Waals surface area contributed by atoms with Gasteiger partial charge < -0.3 is 10.2 Å². The van der Waals surface area contributed by atoms with Crippen molar-refractivity contribution in [1.29, 1.82) is 5.26 Å². The summed E-state index contributed by atoms with van der Waals surface area (Å²) in [5, 5.41) is 27.9. The van der Waals surface area contributed by atoms with Gasteiger partial charge in [0.05, 0.1) is 17.0 Å². The van der Waals surface area contributed by atoms with Crippen molar-refractivity contribution in [2.45, 2.75) is 23.0 Å². The number of carbonyl (C=O) groups excluding carboxylic acids is 1. The molecule has 1 rings (SSSR count). The van der Waals surface area contributed by atoms with E-state index in [1.165, 1.54) is 6.08 Å². The van der Waals surface area contributed by atoms with E-state index in [1.54, 1.807) is 6.07 Å². The second-order valence-electron chi connectivity index (χ2n) is 3.03. The van der Waals surface area contributed by atoms with Gasteiger partial charge in [-0.3, -0.25) is 4.79 Å². The summed E-state index contributed by atoms with van der Waals surface area (Å²) in [7, 11) is 0. The third kappa shape index (κ3) is 1.91. The molecule has 0 aromatic heterocycles. The van der Waals surface area contributed by atoms with Crippen LogP contribution in [0.1, 0.15) is 6.42 Å². The fraction of sp³-hybridized carbons (Fsp3) is 0.500. The Bertz CT molecular complexity index is 336. The highest BCUT2D eigenvalue weighted by Gasteiger charge is 2.45. The van der Waals surface area contributed by atoms with E-state index >= 15 is 0 Å². The number of ketones is 1. The maximum absolute atomic E-state index is 11.3. The van der Waals surface area contributed by atoms with Crippen molar-refractivity contribution < 1.29 is 15.0 Å². The van der Waals surface area contributed by atoms with Crippen LogP contribution in [-0.4, -0.2) is 32.5 Å². The van der Waals surface area contributed by atoms with Crippen molar-refractivity contribution in [3.8, 4) is 6.07 Å². The van der Waals surface area contributed by atoms with Crippen molar-refractivity contribution in [2.75, 3.05) is 0 Å². The summed E-state index contributed by atoms with van der Waals surface area (Å²) in [6.07, 6.45) is -0.407. The van der Waals surface area contributed by atoms with Gasteiger partial charge in [0.1, 0.15) is 16.5 Å². The Balaban J connectivity index is 3.11. The normalized spacial score (nSPS) is 37.6. The molecular weight excluding hydrogens is 318 g/mol.